The quantitative estimate of drug-likeness (QED) is 0.366. The number of ether oxygens (including phenoxy) is 1. The van der Waals surface area contributed by atoms with Gasteiger partial charge in [0.1, 0.15) is 5.69 Å². The number of carbonyl (C=O) groups excluding carboxylic acids is 1. The van der Waals surface area contributed by atoms with Crippen LogP contribution in [0.1, 0.15) is 17.4 Å². The maximum absolute atomic E-state index is 11.3. The Morgan fingerprint density at radius 1 is 1.63 bits per heavy atom. The molecule has 0 bridgehead atoms. The predicted molar refractivity (Wildman–Crippen MR) is 69.2 cm³/mol. The van der Waals surface area contributed by atoms with E-state index < -0.39 is 10.9 Å². The fraction of sp³-hybridized carbons (Fsp3) is 0.455. The zero-order valence-corrected chi connectivity index (χ0v) is 11.3. The van der Waals surface area contributed by atoms with Crippen molar-refractivity contribution >= 4 is 23.4 Å². The van der Waals surface area contributed by atoms with E-state index in [1.54, 1.807) is 0 Å². The van der Waals surface area contributed by atoms with Gasteiger partial charge in [-0.05, 0) is 12.0 Å². The van der Waals surface area contributed by atoms with Crippen LogP contribution in [0.15, 0.2) is 17.2 Å². The van der Waals surface area contributed by atoms with Crippen LogP contribution in [0.3, 0.4) is 0 Å². The van der Waals surface area contributed by atoms with Gasteiger partial charge >= 0.3 is 11.7 Å². The van der Waals surface area contributed by atoms with Gasteiger partial charge in [-0.3, -0.25) is 10.1 Å². The number of esters is 1. The number of nitro groups is 1. The molecular weight excluding hydrogens is 272 g/mol. The Labute approximate surface area is 114 Å². The summed E-state index contributed by atoms with van der Waals surface area (Å²) in [5.74, 6) is -0.199. The largest absolute Gasteiger partial charge is 0.464 e. The van der Waals surface area contributed by atoms with Gasteiger partial charge in [0.25, 0.3) is 0 Å². The molecule has 7 nitrogen and oxygen atoms in total. The van der Waals surface area contributed by atoms with Gasteiger partial charge in [-0.15, -0.1) is 0 Å². The molecule has 1 rings (SSSR count). The standard InChI is InChI=1S/C11H14N2O5S/c1-7(5-14)6-19-10-9(13(16)17)4-3-8(12-10)11(15)18-2/h3-4,7,14H,5-6H2,1-2H3. The first-order valence-electron chi connectivity index (χ1n) is 5.47. The highest BCUT2D eigenvalue weighted by molar-refractivity contribution is 7.99. The minimum Gasteiger partial charge on any atom is -0.464 e. The summed E-state index contributed by atoms with van der Waals surface area (Å²) in [4.78, 5) is 25.6. The van der Waals surface area contributed by atoms with Crippen molar-refractivity contribution in [3.8, 4) is 0 Å². The molecule has 0 aliphatic heterocycles. The number of aliphatic hydroxyl groups excluding tert-OH is 1. The van der Waals surface area contributed by atoms with Crippen molar-refractivity contribution in [3.05, 3.63) is 27.9 Å². The van der Waals surface area contributed by atoms with Gasteiger partial charge in [0.2, 0.25) is 0 Å². The molecule has 0 aliphatic carbocycles. The summed E-state index contributed by atoms with van der Waals surface area (Å²) in [5, 5.41) is 20.0. The first kappa shape index (κ1) is 15.4. The fourth-order valence-electron chi connectivity index (χ4n) is 1.17. The van der Waals surface area contributed by atoms with Gasteiger partial charge in [-0.2, -0.15) is 0 Å². The summed E-state index contributed by atoms with van der Waals surface area (Å²) < 4.78 is 4.52. The van der Waals surface area contributed by atoms with Gasteiger partial charge in [-0.1, -0.05) is 18.7 Å². The minimum atomic E-state index is -0.646. The number of hydrogen-bond donors (Lipinski definition) is 1. The van der Waals surface area contributed by atoms with Crippen molar-refractivity contribution in [1.29, 1.82) is 0 Å². The monoisotopic (exact) mass is 286 g/mol. The molecule has 1 unspecified atom stereocenters. The molecular formula is C11H14N2O5S. The fourth-order valence-corrected chi connectivity index (χ4v) is 2.17. The molecule has 0 fully saturated rings. The van der Waals surface area contributed by atoms with Crippen LogP contribution in [0.2, 0.25) is 0 Å². The molecule has 1 aromatic heterocycles. The molecule has 1 N–H and O–H groups in total. The van der Waals surface area contributed by atoms with E-state index in [0.717, 1.165) is 11.8 Å². The molecule has 0 aliphatic rings. The summed E-state index contributed by atoms with van der Waals surface area (Å²) in [6, 6.07) is 2.48. The average molecular weight is 286 g/mol. The van der Waals surface area contributed by atoms with Crippen LogP contribution in [0.5, 0.6) is 0 Å². The average Bonchev–Trinajstić information content (AvgIpc) is 2.43. The smallest absolute Gasteiger partial charge is 0.356 e. The Bertz CT molecular complexity index is 480. The number of pyridine rings is 1. The molecule has 8 heteroatoms. The Balaban J connectivity index is 3.01. The third-order valence-electron chi connectivity index (χ3n) is 2.25. The molecule has 0 amide bonds. The van der Waals surface area contributed by atoms with Crippen LogP contribution in [0.25, 0.3) is 0 Å². The number of rotatable bonds is 6. The van der Waals surface area contributed by atoms with Crippen molar-refractivity contribution in [3.63, 3.8) is 0 Å². The highest BCUT2D eigenvalue weighted by Gasteiger charge is 2.20. The molecule has 1 heterocycles. The van der Waals surface area contributed by atoms with Crippen LogP contribution >= 0.6 is 11.8 Å². The Morgan fingerprint density at radius 3 is 2.84 bits per heavy atom. The zero-order valence-electron chi connectivity index (χ0n) is 10.5. The summed E-state index contributed by atoms with van der Waals surface area (Å²) in [6.07, 6.45) is 0. The summed E-state index contributed by atoms with van der Waals surface area (Å²) in [5.41, 5.74) is -0.143. The summed E-state index contributed by atoms with van der Waals surface area (Å²) >= 11 is 1.13. The van der Waals surface area contributed by atoms with Gasteiger partial charge in [0.05, 0.1) is 12.0 Å². The van der Waals surface area contributed by atoms with Crippen molar-refractivity contribution in [2.45, 2.75) is 11.9 Å². The summed E-state index contributed by atoms with van der Waals surface area (Å²) in [7, 11) is 1.21. The molecule has 0 saturated carbocycles. The molecule has 1 aromatic rings. The number of carbonyl (C=O) groups is 1. The van der Waals surface area contributed by atoms with E-state index >= 15 is 0 Å². The van der Waals surface area contributed by atoms with Crippen molar-refractivity contribution in [2.75, 3.05) is 19.5 Å². The maximum atomic E-state index is 11.3. The number of aromatic nitrogens is 1. The second kappa shape index (κ2) is 7.05. The second-order valence-corrected chi connectivity index (χ2v) is 4.88. The van der Waals surface area contributed by atoms with Crippen LogP contribution in [0.4, 0.5) is 5.69 Å². The van der Waals surface area contributed by atoms with E-state index in [9.17, 15) is 14.9 Å². The van der Waals surface area contributed by atoms with E-state index in [0.29, 0.717) is 5.75 Å². The number of hydrogen-bond acceptors (Lipinski definition) is 7. The van der Waals surface area contributed by atoms with Crippen LogP contribution < -0.4 is 0 Å². The SMILES string of the molecule is COC(=O)c1ccc([N+](=O)[O-])c(SCC(C)CO)n1. The number of methoxy groups -OCH3 is 1. The summed E-state index contributed by atoms with van der Waals surface area (Å²) in [6.45, 7) is 1.79. The first-order valence-corrected chi connectivity index (χ1v) is 6.45. The van der Waals surface area contributed by atoms with Crippen molar-refractivity contribution in [1.82, 2.24) is 4.98 Å². The van der Waals surface area contributed by atoms with Gasteiger partial charge in [0, 0.05) is 18.4 Å². The minimum absolute atomic E-state index is 0.0164. The van der Waals surface area contributed by atoms with Crippen LogP contribution in [-0.4, -0.2) is 40.5 Å². The lowest BCUT2D eigenvalue weighted by atomic mass is 10.2. The highest BCUT2D eigenvalue weighted by atomic mass is 32.2. The Kier molecular flexibility index (Phi) is 5.71. The highest BCUT2D eigenvalue weighted by Crippen LogP contribution is 2.28. The van der Waals surface area contributed by atoms with E-state index in [4.69, 9.17) is 5.11 Å². The molecule has 1 atom stereocenters. The van der Waals surface area contributed by atoms with Gasteiger partial charge in [-0.25, -0.2) is 9.78 Å². The third-order valence-corrected chi connectivity index (χ3v) is 3.56. The van der Waals surface area contributed by atoms with Crippen molar-refractivity contribution < 1.29 is 19.6 Å². The lowest BCUT2D eigenvalue weighted by Gasteiger charge is -2.07. The van der Waals surface area contributed by atoms with Gasteiger partial charge < -0.3 is 9.84 Å². The molecule has 0 aromatic carbocycles. The van der Waals surface area contributed by atoms with Crippen molar-refractivity contribution in [2.24, 2.45) is 5.92 Å². The molecule has 19 heavy (non-hydrogen) atoms. The molecule has 104 valence electrons. The molecule has 0 spiro atoms. The van der Waals surface area contributed by atoms with Crippen LogP contribution in [0, 0.1) is 16.0 Å². The van der Waals surface area contributed by atoms with Gasteiger partial charge in [0.15, 0.2) is 5.03 Å². The normalized spacial score (nSPS) is 11.9. The number of thioether (sulfide) groups is 1. The number of nitrogens with zero attached hydrogens (tertiary/aromatic N) is 2. The van der Waals surface area contributed by atoms with E-state index in [1.165, 1.54) is 19.2 Å². The Morgan fingerprint density at radius 2 is 2.32 bits per heavy atom. The van der Waals surface area contributed by atoms with E-state index in [-0.39, 0.29) is 28.9 Å². The predicted octanol–water partition coefficient (Wildman–Crippen LogP) is 1.50. The zero-order chi connectivity index (χ0) is 14.4. The molecule has 0 radical (unpaired) electrons. The second-order valence-electron chi connectivity index (χ2n) is 3.87. The molecule has 0 saturated heterocycles. The maximum Gasteiger partial charge on any atom is 0.356 e. The third kappa shape index (κ3) is 4.18. The first-order chi connectivity index (χ1) is 8.99. The Hall–Kier alpha value is -1.67. The number of aliphatic hydroxyl groups is 1. The van der Waals surface area contributed by atoms with Crippen LogP contribution in [-0.2, 0) is 4.74 Å². The van der Waals surface area contributed by atoms with E-state index in [2.05, 4.69) is 9.72 Å². The lowest BCUT2D eigenvalue weighted by Crippen LogP contribution is -2.08. The topological polar surface area (TPSA) is 103 Å². The lowest BCUT2D eigenvalue weighted by molar-refractivity contribution is -0.388. The van der Waals surface area contributed by atoms with E-state index in [1.807, 2.05) is 6.92 Å².